The van der Waals surface area contributed by atoms with Crippen LogP contribution in [-0.4, -0.2) is 73.1 Å². The number of nitrogens with zero attached hydrogens (tertiary/aromatic N) is 2. The lowest BCUT2D eigenvalue weighted by atomic mass is 9.94. The molecule has 2 aliphatic heterocycles. The van der Waals surface area contributed by atoms with Gasteiger partial charge in [-0.15, -0.1) is 0 Å². The number of hydrogen-bond acceptors (Lipinski definition) is 7. The minimum atomic E-state index is -0.833. The molecule has 9 heteroatoms. The first kappa shape index (κ1) is 29.5. The molecule has 0 aromatic heterocycles. The summed E-state index contributed by atoms with van der Waals surface area (Å²) in [6.45, 7) is 9.85. The molecule has 0 bridgehead atoms. The summed E-state index contributed by atoms with van der Waals surface area (Å²) in [6, 6.07) is 4.46. The Kier molecular flexibility index (Phi) is 12.6. The van der Waals surface area contributed by atoms with Gasteiger partial charge < -0.3 is 19.3 Å². The number of hydroxylamine groups is 2. The molecule has 1 aromatic carbocycles. The molecule has 36 heavy (non-hydrogen) atoms. The molecule has 0 radical (unpaired) electrons. The number of carbonyl (C=O) groups excluding carboxylic acids is 1. The molecule has 1 aromatic rings. The zero-order chi connectivity index (χ0) is 26.5. The highest BCUT2D eigenvalue weighted by molar-refractivity contribution is 5.77. The van der Waals surface area contributed by atoms with Crippen LogP contribution in [0.15, 0.2) is 24.3 Å². The smallest absolute Gasteiger partial charge is 0.300 e. The van der Waals surface area contributed by atoms with Crippen LogP contribution in [-0.2, 0) is 14.4 Å². The average Bonchev–Trinajstić information content (AvgIpc) is 3.48. The van der Waals surface area contributed by atoms with Gasteiger partial charge in [-0.1, -0.05) is 26.0 Å². The molecule has 1 amide bonds. The minimum absolute atomic E-state index is 0.0419. The lowest BCUT2D eigenvalue weighted by molar-refractivity contribution is -0.188. The normalized spacial score (nSPS) is 18.7. The number of carboxylic acid groups (broad SMARTS) is 1. The Morgan fingerprint density at radius 2 is 2.00 bits per heavy atom. The number of benzene rings is 1. The van der Waals surface area contributed by atoms with E-state index in [0.717, 1.165) is 51.3 Å². The molecule has 1 fully saturated rings. The van der Waals surface area contributed by atoms with E-state index in [4.69, 9.17) is 28.9 Å². The molecule has 9 nitrogen and oxygen atoms in total. The van der Waals surface area contributed by atoms with Crippen molar-refractivity contribution in [2.45, 2.75) is 71.8 Å². The fourth-order valence-corrected chi connectivity index (χ4v) is 4.48. The number of methoxy groups -OCH3 is 1. The highest BCUT2D eigenvalue weighted by Gasteiger charge is 2.35. The molecule has 202 valence electrons. The predicted molar refractivity (Wildman–Crippen MR) is 137 cm³/mol. The first-order chi connectivity index (χ1) is 17.3. The van der Waals surface area contributed by atoms with E-state index in [9.17, 15) is 4.79 Å². The lowest BCUT2D eigenvalue weighted by Crippen LogP contribution is -2.42. The van der Waals surface area contributed by atoms with Crippen molar-refractivity contribution in [3.63, 3.8) is 0 Å². The molecule has 2 unspecified atom stereocenters. The van der Waals surface area contributed by atoms with Crippen molar-refractivity contribution in [3.8, 4) is 17.2 Å². The monoisotopic (exact) mass is 506 g/mol. The van der Waals surface area contributed by atoms with E-state index in [0.29, 0.717) is 43.2 Å². The van der Waals surface area contributed by atoms with E-state index >= 15 is 0 Å². The van der Waals surface area contributed by atoms with Gasteiger partial charge in [-0.2, -0.15) is 0 Å². The summed E-state index contributed by atoms with van der Waals surface area (Å²) >= 11 is 0. The molecular formula is C27H42N2O7. The highest BCUT2D eigenvalue weighted by Crippen LogP contribution is 2.45. The summed E-state index contributed by atoms with van der Waals surface area (Å²) in [6.07, 6.45) is 9.08. The van der Waals surface area contributed by atoms with Gasteiger partial charge in [0.2, 0.25) is 12.5 Å². The Morgan fingerprint density at radius 1 is 1.25 bits per heavy atom. The number of hydrogen-bond donors (Lipinski definition) is 1. The summed E-state index contributed by atoms with van der Waals surface area (Å²) in [5, 5.41) is 8.98. The first-order valence-corrected chi connectivity index (χ1v) is 12.8. The molecule has 2 heterocycles. The van der Waals surface area contributed by atoms with Crippen molar-refractivity contribution in [2.24, 2.45) is 0 Å². The third kappa shape index (κ3) is 8.71. The molecule has 0 spiro atoms. The van der Waals surface area contributed by atoms with Crippen LogP contribution in [0.4, 0.5) is 0 Å². The zero-order valence-electron chi connectivity index (χ0n) is 22.3. The number of likely N-dealkylation sites (tertiary alicyclic amines) is 1. The van der Waals surface area contributed by atoms with Crippen LogP contribution in [0.5, 0.6) is 17.2 Å². The SMILES string of the molecule is C/C=C/CCC1CC(c2cc(OC)c3c(c2)OCO3)CN1CC(=O)N(CCC)OCCC.CC(=O)O. The van der Waals surface area contributed by atoms with Gasteiger partial charge in [-0.05, 0) is 62.6 Å². The number of carboxylic acids is 1. The van der Waals surface area contributed by atoms with Gasteiger partial charge in [0.25, 0.3) is 11.9 Å². The molecule has 2 atom stereocenters. The van der Waals surface area contributed by atoms with E-state index in [1.807, 2.05) is 6.92 Å². The fourth-order valence-electron chi connectivity index (χ4n) is 4.48. The van der Waals surface area contributed by atoms with Crippen molar-refractivity contribution in [1.82, 2.24) is 9.96 Å². The van der Waals surface area contributed by atoms with E-state index < -0.39 is 5.97 Å². The lowest BCUT2D eigenvalue weighted by Gasteiger charge is -2.27. The van der Waals surface area contributed by atoms with E-state index in [-0.39, 0.29) is 12.7 Å². The Labute approximate surface area is 214 Å². The highest BCUT2D eigenvalue weighted by atomic mass is 16.7. The Bertz CT molecular complexity index is 870. The number of fused-ring (bicyclic) bond motifs is 1. The number of aliphatic carboxylic acids is 1. The molecule has 0 aliphatic carbocycles. The van der Waals surface area contributed by atoms with Crippen LogP contribution in [0.1, 0.15) is 71.3 Å². The van der Waals surface area contributed by atoms with Crippen LogP contribution in [0.25, 0.3) is 0 Å². The fraction of sp³-hybridized carbons (Fsp3) is 0.630. The molecule has 1 N–H and O–H groups in total. The van der Waals surface area contributed by atoms with Crippen molar-refractivity contribution in [3.05, 3.63) is 29.8 Å². The van der Waals surface area contributed by atoms with Crippen molar-refractivity contribution >= 4 is 11.9 Å². The number of amides is 1. The maximum atomic E-state index is 13.1. The topological polar surface area (TPSA) is 97.8 Å². The van der Waals surface area contributed by atoms with Gasteiger partial charge in [0.05, 0.1) is 20.3 Å². The van der Waals surface area contributed by atoms with E-state index in [1.165, 1.54) is 5.56 Å². The summed E-state index contributed by atoms with van der Waals surface area (Å²) in [4.78, 5) is 30.1. The second-order valence-corrected chi connectivity index (χ2v) is 8.97. The molecular weight excluding hydrogens is 464 g/mol. The standard InChI is InChI=1S/C25H38N2O5.C2H4O2/c1-5-8-9-10-21-13-20(19-14-22(29-4)25-23(15-19)30-18-31-25)16-26(21)17-24(28)27(11-6-2)32-12-7-3;1-2(3)4/h5,8,14-15,20-21H,6-7,9-13,16-18H2,1-4H3;1H3,(H,3,4)/b8-5+;. The van der Waals surface area contributed by atoms with Crippen LogP contribution in [0.2, 0.25) is 0 Å². The van der Waals surface area contributed by atoms with Gasteiger partial charge in [-0.25, -0.2) is 5.06 Å². The van der Waals surface area contributed by atoms with Gasteiger partial charge in [0.15, 0.2) is 11.5 Å². The van der Waals surface area contributed by atoms with E-state index in [2.05, 4.69) is 43.0 Å². The Hall–Kier alpha value is -2.78. The van der Waals surface area contributed by atoms with Crippen LogP contribution in [0, 0.1) is 0 Å². The summed E-state index contributed by atoms with van der Waals surface area (Å²) in [7, 11) is 1.65. The van der Waals surface area contributed by atoms with E-state index in [1.54, 1.807) is 12.2 Å². The molecule has 2 aliphatic rings. The summed E-state index contributed by atoms with van der Waals surface area (Å²) in [5.74, 6) is 1.63. The number of carbonyl (C=O) groups is 2. The second-order valence-electron chi connectivity index (χ2n) is 8.97. The number of ether oxygens (including phenoxy) is 3. The predicted octanol–water partition coefficient (Wildman–Crippen LogP) is 4.61. The Morgan fingerprint density at radius 3 is 2.64 bits per heavy atom. The maximum Gasteiger partial charge on any atom is 0.300 e. The van der Waals surface area contributed by atoms with Gasteiger partial charge in [0.1, 0.15) is 0 Å². The Balaban J connectivity index is 0.00000106. The molecule has 1 saturated heterocycles. The van der Waals surface area contributed by atoms with Crippen LogP contribution in [0.3, 0.4) is 0 Å². The van der Waals surface area contributed by atoms with Crippen LogP contribution >= 0.6 is 0 Å². The summed E-state index contributed by atoms with van der Waals surface area (Å²) < 4.78 is 16.7. The largest absolute Gasteiger partial charge is 0.493 e. The van der Waals surface area contributed by atoms with Crippen molar-refractivity contribution in [1.29, 1.82) is 0 Å². The third-order valence-corrected chi connectivity index (χ3v) is 6.08. The average molecular weight is 507 g/mol. The number of rotatable bonds is 12. The van der Waals surface area contributed by atoms with Crippen LogP contribution < -0.4 is 14.2 Å². The van der Waals surface area contributed by atoms with Crippen molar-refractivity contribution in [2.75, 3.05) is 40.1 Å². The minimum Gasteiger partial charge on any atom is -0.493 e. The quantitative estimate of drug-likeness (QED) is 0.324. The van der Waals surface area contributed by atoms with Gasteiger partial charge in [0, 0.05) is 26.1 Å². The van der Waals surface area contributed by atoms with Gasteiger partial charge >= 0.3 is 0 Å². The second kappa shape index (κ2) is 15.4. The molecule has 0 saturated carbocycles. The maximum absolute atomic E-state index is 13.1. The van der Waals surface area contributed by atoms with Gasteiger partial charge in [-0.3, -0.25) is 19.3 Å². The molecule has 3 rings (SSSR count). The van der Waals surface area contributed by atoms with Crippen molar-refractivity contribution < 1.29 is 33.7 Å². The third-order valence-electron chi connectivity index (χ3n) is 6.08. The first-order valence-electron chi connectivity index (χ1n) is 12.8. The number of allylic oxidation sites excluding steroid dienone is 2. The summed E-state index contributed by atoms with van der Waals surface area (Å²) in [5.41, 5.74) is 1.17. The zero-order valence-corrected chi connectivity index (χ0v) is 22.3.